The summed E-state index contributed by atoms with van der Waals surface area (Å²) >= 11 is 0. The molecule has 1 aliphatic carbocycles. The largest absolute Gasteiger partial charge is 0.502 e. The van der Waals surface area contributed by atoms with Gasteiger partial charge in [0.2, 0.25) is 11.5 Å². The molecule has 31 heavy (non-hydrogen) atoms. The minimum Gasteiger partial charge on any atom is -0.502 e. The number of aliphatic hydroxyl groups excluding tert-OH is 1. The second kappa shape index (κ2) is 8.65. The maximum absolute atomic E-state index is 12.0. The summed E-state index contributed by atoms with van der Waals surface area (Å²) in [5.74, 6) is -2.91. The first-order chi connectivity index (χ1) is 14.8. The van der Waals surface area contributed by atoms with Crippen molar-refractivity contribution in [1.82, 2.24) is 0 Å². The van der Waals surface area contributed by atoms with Crippen molar-refractivity contribution in [3.63, 3.8) is 0 Å². The molecular formula is C22H24O9. The third kappa shape index (κ3) is 3.57. The van der Waals surface area contributed by atoms with Gasteiger partial charge < -0.3 is 39.4 Å². The predicted octanol–water partition coefficient (Wildman–Crippen LogP) is 2.35. The van der Waals surface area contributed by atoms with Gasteiger partial charge >= 0.3 is 5.97 Å². The average molecular weight is 432 g/mol. The monoisotopic (exact) mass is 432 g/mol. The van der Waals surface area contributed by atoms with E-state index in [1.807, 2.05) is 0 Å². The summed E-state index contributed by atoms with van der Waals surface area (Å²) in [4.78, 5) is 12.0. The molecule has 9 heteroatoms. The number of methoxy groups -OCH3 is 4. The summed E-state index contributed by atoms with van der Waals surface area (Å²) in [5.41, 5.74) is 1.37. The minimum atomic E-state index is -1.20. The summed E-state index contributed by atoms with van der Waals surface area (Å²) < 4.78 is 21.2. The van der Waals surface area contributed by atoms with Crippen LogP contribution in [0.3, 0.4) is 0 Å². The number of aliphatic hydroxyl groups is 1. The van der Waals surface area contributed by atoms with Crippen LogP contribution in [0.5, 0.6) is 34.5 Å². The van der Waals surface area contributed by atoms with Gasteiger partial charge in [-0.15, -0.1) is 0 Å². The Labute approximate surface area is 178 Å². The second-order valence-corrected chi connectivity index (χ2v) is 6.91. The Morgan fingerprint density at radius 1 is 0.903 bits per heavy atom. The Bertz CT molecular complexity index is 1020. The van der Waals surface area contributed by atoms with Crippen molar-refractivity contribution in [1.29, 1.82) is 0 Å². The van der Waals surface area contributed by atoms with Crippen LogP contribution in [0.4, 0.5) is 0 Å². The van der Waals surface area contributed by atoms with E-state index in [1.54, 1.807) is 0 Å². The topological polar surface area (TPSA) is 135 Å². The first-order valence-electron chi connectivity index (χ1n) is 9.31. The highest BCUT2D eigenvalue weighted by Crippen LogP contribution is 2.53. The third-order valence-corrected chi connectivity index (χ3v) is 5.44. The molecule has 9 nitrogen and oxygen atoms in total. The fourth-order valence-electron chi connectivity index (χ4n) is 4.03. The number of aliphatic carboxylic acids is 1. The lowest BCUT2D eigenvalue weighted by Gasteiger charge is -2.34. The number of carboxylic acids is 1. The van der Waals surface area contributed by atoms with E-state index in [0.717, 1.165) is 0 Å². The number of rotatable bonds is 7. The molecule has 0 heterocycles. The van der Waals surface area contributed by atoms with Gasteiger partial charge in [-0.2, -0.15) is 0 Å². The molecule has 0 radical (unpaired) electrons. The molecule has 0 amide bonds. The maximum atomic E-state index is 12.0. The zero-order valence-corrected chi connectivity index (χ0v) is 17.5. The number of hydrogen-bond acceptors (Lipinski definition) is 8. The van der Waals surface area contributed by atoms with Gasteiger partial charge in [-0.05, 0) is 35.4 Å². The van der Waals surface area contributed by atoms with Crippen molar-refractivity contribution in [3.05, 3.63) is 40.5 Å². The van der Waals surface area contributed by atoms with Crippen molar-refractivity contribution < 1.29 is 44.2 Å². The number of phenols is 2. The van der Waals surface area contributed by atoms with Gasteiger partial charge in [-0.1, -0.05) is 0 Å². The number of ether oxygens (including phenoxy) is 4. The normalized spacial score (nSPS) is 17.4. The molecule has 0 bridgehead atoms. The molecule has 0 saturated carbocycles. The molecule has 0 saturated heterocycles. The number of fused-ring (bicyclic) bond motifs is 1. The molecule has 0 spiro atoms. The fourth-order valence-corrected chi connectivity index (χ4v) is 4.03. The minimum absolute atomic E-state index is 0.0270. The van der Waals surface area contributed by atoms with Gasteiger partial charge in [-0.25, -0.2) is 4.79 Å². The molecule has 0 aromatic heterocycles. The van der Waals surface area contributed by atoms with E-state index in [4.69, 9.17) is 18.9 Å². The van der Waals surface area contributed by atoms with Crippen LogP contribution in [0.2, 0.25) is 0 Å². The highest BCUT2D eigenvalue weighted by Gasteiger charge is 2.40. The molecule has 2 aromatic carbocycles. The third-order valence-electron chi connectivity index (χ3n) is 5.44. The molecule has 1 aliphatic rings. The number of phenolic OH excluding ortho intramolecular Hbond substituents is 2. The van der Waals surface area contributed by atoms with Gasteiger partial charge in [0.1, 0.15) is 0 Å². The van der Waals surface area contributed by atoms with E-state index in [-0.39, 0.29) is 40.1 Å². The van der Waals surface area contributed by atoms with Crippen LogP contribution < -0.4 is 18.9 Å². The number of benzene rings is 2. The fraction of sp³-hybridized carbons (Fsp3) is 0.318. The molecule has 2 atom stereocenters. The van der Waals surface area contributed by atoms with Gasteiger partial charge in [0.15, 0.2) is 23.0 Å². The van der Waals surface area contributed by atoms with Crippen LogP contribution in [-0.2, 0) is 4.79 Å². The molecule has 4 N–H and O–H groups in total. The Kier molecular flexibility index (Phi) is 6.16. The van der Waals surface area contributed by atoms with Crippen LogP contribution >= 0.6 is 0 Å². The van der Waals surface area contributed by atoms with Crippen LogP contribution in [0, 0.1) is 5.92 Å². The lowest BCUT2D eigenvalue weighted by atomic mass is 9.71. The summed E-state index contributed by atoms with van der Waals surface area (Å²) in [5, 5.41) is 40.9. The number of hydrogen-bond donors (Lipinski definition) is 4. The second-order valence-electron chi connectivity index (χ2n) is 6.91. The smallest absolute Gasteiger partial charge is 0.331 e. The van der Waals surface area contributed by atoms with E-state index in [9.17, 15) is 25.2 Å². The van der Waals surface area contributed by atoms with Crippen molar-refractivity contribution in [2.45, 2.75) is 5.92 Å². The number of aromatic hydroxyl groups is 2. The van der Waals surface area contributed by atoms with Crippen LogP contribution in [-0.4, -0.2) is 61.4 Å². The quantitative estimate of drug-likeness (QED) is 0.520. The zero-order valence-electron chi connectivity index (χ0n) is 17.5. The van der Waals surface area contributed by atoms with Gasteiger partial charge in [0.05, 0.1) is 35.0 Å². The van der Waals surface area contributed by atoms with Crippen molar-refractivity contribution >= 4 is 12.0 Å². The van der Waals surface area contributed by atoms with E-state index in [1.165, 1.54) is 52.7 Å². The lowest BCUT2D eigenvalue weighted by molar-refractivity contribution is -0.133. The first kappa shape index (κ1) is 22.1. The van der Waals surface area contributed by atoms with Gasteiger partial charge in [0, 0.05) is 23.0 Å². The SMILES string of the molecule is COc1cc([C@H]2c3c(cc(OC)c(O)c3OC)C=C(C(=O)O)[C@@H]2CO)cc(OC)c1O. The van der Waals surface area contributed by atoms with Crippen molar-refractivity contribution in [2.75, 3.05) is 35.0 Å². The molecule has 0 aliphatic heterocycles. The zero-order chi connectivity index (χ0) is 22.9. The van der Waals surface area contributed by atoms with Crippen molar-refractivity contribution in [3.8, 4) is 34.5 Å². The van der Waals surface area contributed by atoms with Gasteiger partial charge in [-0.3, -0.25) is 0 Å². The number of carboxylic acid groups (broad SMARTS) is 1. The molecular weight excluding hydrogens is 408 g/mol. The van der Waals surface area contributed by atoms with E-state index < -0.39 is 24.4 Å². The Balaban J connectivity index is 2.41. The highest BCUT2D eigenvalue weighted by molar-refractivity contribution is 5.95. The molecule has 0 unspecified atom stereocenters. The molecule has 166 valence electrons. The predicted molar refractivity (Wildman–Crippen MR) is 110 cm³/mol. The van der Waals surface area contributed by atoms with Crippen LogP contribution in [0.25, 0.3) is 6.08 Å². The maximum Gasteiger partial charge on any atom is 0.331 e. The summed E-state index contributed by atoms with van der Waals surface area (Å²) in [6, 6.07) is 4.56. The van der Waals surface area contributed by atoms with Crippen LogP contribution in [0.1, 0.15) is 22.6 Å². The molecule has 0 fully saturated rings. The van der Waals surface area contributed by atoms with Gasteiger partial charge in [0.25, 0.3) is 0 Å². The molecule has 3 rings (SSSR count). The Hall–Kier alpha value is -3.59. The van der Waals surface area contributed by atoms with E-state index in [2.05, 4.69) is 0 Å². The summed E-state index contributed by atoms with van der Waals surface area (Å²) in [6.07, 6.45) is 1.43. The van der Waals surface area contributed by atoms with Crippen molar-refractivity contribution in [2.24, 2.45) is 5.92 Å². The van der Waals surface area contributed by atoms with E-state index in [0.29, 0.717) is 16.7 Å². The number of carbonyl (C=O) groups is 1. The standard InChI is InChI=1S/C22H24O9/c1-28-14-7-11(8-15(29-2)19(14)24)17-13(9-23)12(22(26)27)5-10-6-16(30-3)20(25)21(31-4)18(10)17/h5-8,13,17,23-25H,9H2,1-4H3,(H,26,27)/t13-,17+/m0/s1. The van der Waals surface area contributed by atoms with Crippen LogP contribution in [0.15, 0.2) is 23.8 Å². The Morgan fingerprint density at radius 2 is 1.45 bits per heavy atom. The summed E-state index contributed by atoms with van der Waals surface area (Å²) in [7, 11) is 5.48. The summed E-state index contributed by atoms with van der Waals surface area (Å²) in [6.45, 7) is -0.496. The first-order valence-corrected chi connectivity index (χ1v) is 9.31. The Morgan fingerprint density at radius 3 is 1.90 bits per heavy atom. The molecule has 2 aromatic rings. The van der Waals surface area contributed by atoms with E-state index >= 15 is 0 Å². The average Bonchev–Trinajstić information content (AvgIpc) is 2.77. The highest BCUT2D eigenvalue weighted by atomic mass is 16.5. The lowest BCUT2D eigenvalue weighted by Crippen LogP contribution is -2.28.